The molecule has 1 fully saturated rings. The lowest BCUT2D eigenvalue weighted by atomic mass is 9.95. The summed E-state index contributed by atoms with van der Waals surface area (Å²) < 4.78 is 5.77. The minimum Gasteiger partial charge on any atom is -0.445 e. The molecule has 2 N–H and O–H groups in total. The van der Waals surface area contributed by atoms with Gasteiger partial charge in [-0.15, -0.1) is 0 Å². The Labute approximate surface area is 109 Å². The largest absolute Gasteiger partial charge is 0.445 e. The summed E-state index contributed by atoms with van der Waals surface area (Å²) in [6.07, 6.45) is 2.88. The molecule has 18 heavy (non-hydrogen) atoms. The monoisotopic (exact) mass is 252 g/mol. The highest BCUT2D eigenvalue weighted by molar-refractivity contribution is 5.17. The van der Waals surface area contributed by atoms with Crippen LogP contribution in [-0.4, -0.2) is 22.7 Å². The molecule has 0 amide bonds. The van der Waals surface area contributed by atoms with Crippen LogP contribution in [0.25, 0.3) is 0 Å². The Morgan fingerprint density at radius 1 is 1.50 bits per heavy atom. The number of aromatic nitrogens is 1. The lowest BCUT2D eigenvalue weighted by molar-refractivity contribution is 0.0475. The van der Waals surface area contributed by atoms with Gasteiger partial charge in [-0.3, -0.25) is 0 Å². The minimum atomic E-state index is -0.888. The SMILES string of the molecule is CCC(C)(O)c1nc(C2CCC(C)NC2)oc1C. The molecule has 0 spiro atoms. The molecule has 0 aromatic carbocycles. The summed E-state index contributed by atoms with van der Waals surface area (Å²) >= 11 is 0. The van der Waals surface area contributed by atoms with Gasteiger partial charge in [0.2, 0.25) is 0 Å². The zero-order valence-electron chi connectivity index (χ0n) is 11.8. The zero-order valence-corrected chi connectivity index (χ0v) is 11.8. The molecule has 0 saturated carbocycles. The van der Waals surface area contributed by atoms with Crippen LogP contribution in [0.15, 0.2) is 4.42 Å². The van der Waals surface area contributed by atoms with E-state index in [2.05, 4.69) is 17.2 Å². The summed E-state index contributed by atoms with van der Waals surface area (Å²) in [5, 5.41) is 13.7. The van der Waals surface area contributed by atoms with Crippen molar-refractivity contribution in [3.8, 4) is 0 Å². The number of nitrogens with one attached hydrogen (secondary N) is 1. The second-order valence-corrected chi connectivity index (χ2v) is 5.67. The molecule has 2 heterocycles. The Morgan fingerprint density at radius 3 is 2.78 bits per heavy atom. The third kappa shape index (κ3) is 2.59. The van der Waals surface area contributed by atoms with E-state index in [4.69, 9.17) is 4.42 Å². The second-order valence-electron chi connectivity index (χ2n) is 5.67. The Kier molecular flexibility index (Phi) is 3.78. The maximum absolute atomic E-state index is 10.3. The molecular formula is C14H24N2O2. The van der Waals surface area contributed by atoms with Gasteiger partial charge in [0.05, 0.1) is 0 Å². The van der Waals surface area contributed by atoms with Gasteiger partial charge in [-0.1, -0.05) is 6.92 Å². The Morgan fingerprint density at radius 2 is 2.22 bits per heavy atom. The van der Waals surface area contributed by atoms with Crippen LogP contribution in [0.1, 0.15) is 63.3 Å². The minimum absolute atomic E-state index is 0.335. The van der Waals surface area contributed by atoms with E-state index in [-0.39, 0.29) is 0 Å². The molecule has 0 aliphatic carbocycles. The fourth-order valence-corrected chi connectivity index (χ4v) is 2.47. The Bertz CT molecular complexity index is 404. The number of aliphatic hydroxyl groups is 1. The predicted molar refractivity (Wildman–Crippen MR) is 70.5 cm³/mol. The predicted octanol–water partition coefficient (Wildman–Crippen LogP) is 2.46. The summed E-state index contributed by atoms with van der Waals surface area (Å²) in [5.41, 5.74) is -0.195. The summed E-state index contributed by atoms with van der Waals surface area (Å²) in [5.74, 6) is 1.85. The molecule has 2 rings (SSSR count). The van der Waals surface area contributed by atoms with E-state index in [1.807, 2.05) is 13.8 Å². The van der Waals surface area contributed by atoms with Gasteiger partial charge < -0.3 is 14.8 Å². The van der Waals surface area contributed by atoms with Crippen LogP contribution in [0.5, 0.6) is 0 Å². The number of hydrogen-bond donors (Lipinski definition) is 2. The number of rotatable bonds is 3. The van der Waals surface area contributed by atoms with Crippen molar-refractivity contribution in [1.82, 2.24) is 10.3 Å². The van der Waals surface area contributed by atoms with E-state index < -0.39 is 5.60 Å². The normalized spacial score (nSPS) is 28.1. The van der Waals surface area contributed by atoms with E-state index in [1.54, 1.807) is 6.92 Å². The van der Waals surface area contributed by atoms with Crippen LogP contribution in [0.2, 0.25) is 0 Å². The first-order chi connectivity index (χ1) is 8.44. The Hall–Kier alpha value is -0.870. The third-order valence-corrected chi connectivity index (χ3v) is 4.02. The molecule has 4 heteroatoms. The molecule has 1 aromatic rings. The van der Waals surface area contributed by atoms with Crippen molar-refractivity contribution < 1.29 is 9.52 Å². The third-order valence-electron chi connectivity index (χ3n) is 4.02. The van der Waals surface area contributed by atoms with E-state index in [1.165, 1.54) is 0 Å². The van der Waals surface area contributed by atoms with Gasteiger partial charge in [0.15, 0.2) is 5.89 Å². The highest BCUT2D eigenvalue weighted by Gasteiger charge is 2.31. The molecule has 3 unspecified atom stereocenters. The Balaban J connectivity index is 2.19. The van der Waals surface area contributed by atoms with E-state index in [9.17, 15) is 5.11 Å². The summed E-state index contributed by atoms with van der Waals surface area (Å²) in [7, 11) is 0. The molecule has 4 nitrogen and oxygen atoms in total. The molecule has 1 aliphatic heterocycles. The van der Waals surface area contributed by atoms with Crippen LogP contribution in [0.3, 0.4) is 0 Å². The summed E-state index contributed by atoms with van der Waals surface area (Å²) in [6.45, 7) is 8.74. The summed E-state index contributed by atoms with van der Waals surface area (Å²) in [4.78, 5) is 4.54. The van der Waals surface area contributed by atoms with E-state index in [0.717, 1.165) is 31.0 Å². The molecule has 0 radical (unpaired) electrons. The van der Waals surface area contributed by atoms with Crippen LogP contribution >= 0.6 is 0 Å². The topological polar surface area (TPSA) is 58.3 Å². The maximum Gasteiger partial charge on any atom is 0.199 e. The van der Waals surface area contributed by atoms with E-state index in [0.29, 0.717) is 24.1 Å². The first-order valence-electron chi connectivity index (χ1n) is 6.87. The maximum atomic E-state index is 10.3. The quantitative estimate of drug-likeness (QED) is 0.867. The lowest BCUT2D eigenvalue weighted by Gasteiger charge is -2.25. The van der Waals surface area contributed by atoms with Crippen LogP contribution in [0.4, 0.5) is 0 Å². The van der Waals surface area contributed by atoms with Crippen molar-refractivity contribution in [3.05, 3.63) is 17.3 Å². The number of aryl methyl sites for hydroxylation is 1. The fourth-order valence-electron chi connectivity index (χ4n) is 2.47. The molecule has 1 aromatic heterocycles. The van der Waals surface area contributed by atoms with E-state index >= 15 is 0 Å². The highest BCUT2D eigenvalue weighted by atomic mass is 16.4. The average Bonchev–Trinajstić information content (AvgIpc) is 2.73. The van der Waals surface area contributed by atoms with Gasteiger partial charge in [0, 0.05) is 18.5 Å². The van der Waals surface area contributed by atoms with Crippen molar-refractivity contribution in [1.29, 1.82) is 0 Å². The van der Waals surface area contributed by atoms with Crippen molar-refractivity contribution in [2.45, 2.75) is 64.5 Å². The lowest BCUT2D eigenvalue weighted by Crippen LogP contribution is -2.35. The number of oxazole rings is 1. The first-order valence-corrected chi connectivity index (χ1v) is 6.87. The molecule has 3 atom stereocenters. The average molecular weight is 252 g/mol. The number of piperidine rings is 1. The first kappa shape index (κ1) is 13.6. The molecule has 102 valence electrons. The fraction of sp³-hybridized carbons (Fsp3) is 0.786. The van der Waals surface area contributed by atoms with Gasteiger partial charge in [0.25, 0.3) is 0 Å². The number of hydrogen-bond acceptors (Lipinski definition) is 4. The molecule has 1 saturated heterocycles. The van der Waals surface area contributed by atoms with Gasteiger partial charge >= 0.3 is 0 Å². The molecule has 1 aliphatic rings. The summed E-state index contributed by atoms with van der Waals surface area (Å²) in [6, 6.07) is 0.579. The highest BCUT2D eigenvalue weighted by Crippen LogP contribution is 2.31. The van der Waals surface area contributed by atoms with Crippen molar-refractivity contribution in [2.24, 2.45) is 0 Å². The number of nitrogens with zero attached hydrogens (tertiary/aromatic N) is 1. The van der Waals surface area contributed by atoms with Gasteiger partial charge in [-0.2, -0.15) is 0 Å². The smallest absolute Gasteiger partial charge is 0.199 e. The second kappa shape index (κ2) is 5.02. The molecule has 0 bridgehead atoms. The zero-order chi connectivity index (χ0) is 13.3. The molecular weight excluding hydrogens is 228 g/mol. The van der Waals surface area contributed by atoms with Crippen LogP contribution in [-0.2, 0) is 5.60 Å². The van der Waals surface area contributed by atoms with Gasteiger partial charge in [-0.05, 0) is 40.0 Å². The van der Waals surface area contributed by atoms with Crippen molar-refractivity contribution in [3.63, 3.8) is 0 Å². The van der Waals surface area contributed by atoms with Crippen LogP contribution in [0, 0.1) is 6.92 Å². The standard InChI is InChI=1S/C14H24N2O2/c1-5-14(4,17)12-10(3)18-13(16-12)11-7-6-9(2)15-8-11/h9,11,15,17H,5-8H2,1-4H3. The van der Waals surface area contributed by atoms with Crippen molar-refractivity contribution >= 4 is 0 Å². The van der Waals surface area contributed by atoms with Crippen LogP contribution < -0.4 is 5.32 Å². The van der Waals surface area contributed by atoms with Crippen molar-refractivity contribution in [2.75, 3.05) is 6.54 Å². The van der Waals surface area contributed by atoms with Gasteiger partial charge in [-0.25, -0.2) is 4.98 Å². The van der Waals surface area contributed by atoms with Gasteiger partial charge in [0.1, 0.15) is 17.1 Å².